The van der Waals surface area contributed by atoms with Crippen LogP contribution in [0.1, 0.15) is 36.4 Å². The minimum absolute atomic E-state index is 0.0470. The van der Waals surface area contributed by atoms with Gasteiger partial charge >= 0.3 is 0 Å². The maximum absolute atomic E-state index is 13.7. The zero-order valence-corrected chi connectivity index (χ0v) is 19.0. The standard InChI is InChI=1S/C25H25N3O3S/c1-15(2)14-31-20-12-26-17(11-19(20)29)13-28-23(16-7-4-3-5-8-16)27-24-22(25(28)30)18-9-6-10-21(18)32-24/h3-5,7-8,11-12,15H,6,9-10,13-14H2,1-2H3,(H,26,29). The van der Waals surface area contributed by atoms with Crippen molar-refractivity contribution in [2.75, 3.05) is 6.61 Å². The predicted molar refractivity (Wildman–Crippen MR) is 128 cm³/mol. The minimum atomic E-state index is -0.195. The van der Waals surface area contributed by atoms with Crippen molar-refractivity contribution < 1.29 is 4.74 Å². The SMILES string of the molecule is CC(C)COc1c[nH]c(Cn2c(-c3ccccc3)nc3sc4c(c3c2=O)CCC4)cc1=O. The van der Waals surface area contributed by atoms with E-state index in [4.69, 9.17) is 9.72 Å². The van der Waals surface area contributed by atoms with E-state index in [-0.39, 0.29) is 17.5 Å². The van der Waals surface area contributed by atoms with Gasteiger partial charge in [-0.1, -0.05) is 44.2 Å². The molecule has 0 amide bonds. The third-order valence-corrected chi connectivity index (χ3v) is 6.88. The Morgan fingerprint density at radius 3 is 2.75 bits per heavy atom. The molecule has 6 nitrogen and oxygen atoms in total. The molecule has 0 saturated carbocycles. The van der Waals surface area contributed by atoms with Gasteiger partial charge in [0.15, 0.2) is 5.75 Å². The van der Waals surface area contributed by atoms with E-state index in [1.807, 2.05) is 44.2 Å². The molecule has 0 atom stereocenters. The molecule has 32 heavy (non-hydrogen) atoms. The maximum atomic E-state index is 13.7. The third-order valence-electron chi connectivity index (χ3n) is 5.69. The fourth-order valence-electron chi connectivity index (χ4n) is 4.16. The molecule has 3 heterocycles. The number of aryl methyl sites for hydroxylation is 2. The lowest BCUT2D eigenvalue weighted by atomic mass is 10.1. The van der Waals surface area contributed by atoms with Crippen molar-refractivity contribution in [1.29, 1.82) is 0 Å². The molecule has 0 fully saturated rings. The van der Waals surface area contributed by atoms with Crippen molar-refractivity contribution >= 4 is 21.6 Å². The summed E-state index contributed by atoms with van der Waals surface area (Å²) >= 11 is 1.64. The lowest BCUT2D eigenvalue weighted by Gasteiger charge is -2.14. The van der Waals surface area contributed by atoms with Crippen LogP contribution >= 0.6 is 11.3 Å². The highest BCUT2D eigenvalue weighted by molar-refractivity contribution is 7.18. The van der Waals surface area contributed by atoms with E-state index >= 15 is 0 Å². The Hall–Kier alpha value is -3.19. The number of pyridine rings is 1. The van der Waals surface area contributed by atoms with Crippen LogP contribution in [0.15, 0.2) is 52.2 Å². The average Bonchev–Trinajstić information content (AvgIpc) is 3.36. The highest BCUT2D eigenvalue weighted by Crippen LogP contribution is 2.35. The molecule has 0 unspecified atom stereocenters. The lowest BCUT2D eigenvalue weighted by Crippen LogP contribution is -2.25. The summed E-state index contributed by atoms with van der Waals surface area (Å²) in [5, 5.41) is 0.737. The van der Waals surface area contributed by atoms with Gasteiger partial charge in [0.25, 0.3) is 5.56 Å². The monoisotopic (exact) mass is 447 g/mol. The van der Waals surface area contributed by atoms with Crippen molar-refractivity contribution in [3.8, 4) is 17.1 Å². The molecular weight excluding hydrogens is 422 g/mol. The summed E-state index contributed by atoms with van der Waals surface area (Å²) in [6.45, 7) is 4.77. The number of thiophene rings is 1. The molecule has 1 aliphatic carbocycles. The number of hydrogen-bond acceptors (Lipinski definition) is 5. The molecule has 1 aliphatic rings. The Bertz CT molecular complexity index is 1400. The normalized spacial score (nSPS) is 13.1. The van der Waals surface area contributed by atoms with Gasteiger partial charge in [-0.2, -0.15) is 0 Å². The molecule has 3 aromatic heterocycles. The Labute approximate surface area is 189 Å². The van der Waals surface area contributed by atoms with Gasteiger partial charge in [0.1, 0.15) is 10.7 Å². The molecule has 0 aliphatic heterocycles. The fraction of sp³-hybridized carbons (Fsp3) is 0.320. The first-order chi connectivity index (χ1) is 15.5. The number of benzene rings is 1. The van der Waals surface area contributed by atoms with Crippen LogP contribution in [0.3, 0.4) is 0 Å². The molecule has 1 aromatic carbocycles. The van der Waals surface area contributed by atoms with E-state index in [0.29, 0.717) is 29.8 Å². The minimum Gasteiger partial charge on any atom is -0.488 e. The molecule has 0 saturated heterocycles. The van der Waals surface area contributed by atoms with Crippen LogP contribution in [0, 0.1) is 5.92 Å². The molecule has 0 radical (unpaired) electrons. The van der Waals surface area contributed by atoms with Gasteiger partial charge in [-0.3, -0.25) is 14.2 Å². The van der Waals surface area contributed by atoms with Crippen LogP contribution in [0.25, 0.3) is 21.6 Å². The topological polar surface area (TPSA) is 77.0 Å². The van der Waals surface area contributed by atoms with E-state index in [2.05, 4.69) is 4.98 Å². The molecule has 5 rings (SSSR count). The highest BCUT2D eigenvalue weighted by atomic mass is 32.1. The van der Waals surface area contributed by atoms with Gasteiger partial charge in [0, 0.05) is 28.4 Å². The molecule has 0 bridgehead atoms. The van der Waals surface area contributed by atoms with Crippen molar-refractivity contribution in [1.82, 2.24) is 14.5 Å². The summed E-state index contributed by atoms with van der Waals surface area (Å²) in [5.41, 5.74) is 2.42. The number of nitrogens with one attached hydrogen (secondary N) is 1. The summed E-state index contributed by atoms with van der Waals surface area (Å²) in [4.78, 5) is 36.4. The molecular formula is C25H25N3O3S. The first-order valence-electron chi connectivity index (χ1n) is 11.0. The number of nitrogens with zero attached hydrogens (tertiary/aromatic N) is 2. The third kappa shape index (κ3) is 3.77. The zero-order valence-electron chi connectivity index (χ0n) is 18.2. The van der Waals surface area contributed by atoms with Crippen molar-refractivity contribution in [3.05, 3.63) is 79.3 Å². The number of hydrogen-bond donors (Lipinski definition) is 1. The van der Waals surface area contributed by atoms with E-state index < -0.39 is 0 Å². The highest BCUT2D eigenvalue weighted by Gasteiger charge is 2.24. The second-order valence-corrected chi connectivity index (χ2v) is 9.71. The Morgan fingerprint density at radius 1 is 1.19 bits per heavy atom. The second-order valence-electron chi connectivity index (χ2n) is 8.62. The Kier molecular flexibility index (Phi) is 5.43. The first-order valence-corrected chi connectivity index (χ1v) is 11.8. The van der Waals surface area contributed by atoms with Crippen LogP contribution in [-0.4, -0.2) is 21.1 Å². The Morgan fingerprint density at radius 2 is 2.00 bits per heavy atom. The summed E-state index contributed by atoms with van der Waals surface area (Å²) in [6.07, 6.45) is 4.61. The van der Waals surface area contributed by atoms with Gasteiger partial charge in [-0.25, -0.2) is 4.98 Å². The second kappa shape index (κ2) is 8.39. The van der Waals surface area contributed by atoms with Crippen LogP contribution in [0.5, 0.6) is 5.75 Å². The van der Waals surface area contributed by atoms with Gasteiger partial charge in [0.2, 0.25) is 5.43 Å². The number of fused-ring (bicyclic) bond motifs is 3. The van der Waals surface area contributed by atoms with E-state index in [0.717, 1.165) is 40.6 Å². The molecule has 1 N–H and O–H groups in total. The van der Waals surface area contributed by atoms with Gasteiger partial charge in [-0.05, 0) is 30.7 Å². The summed E-state index contributed by atoms with van der Waals surface area (Å²) in [6, 6.07) is 11.2. The van der Waals surface area contributed by atoms with Gasteiger partial charge < -0.3 is 9.72 Å². The largest absolute Gasteiger partial charge is 0.488 e. The number of H-pyrrole nitrogens is 1. The van der Waals surface area contributed by atoms with Crippen LogP contribution < -0.4 is 15.7 Å². The molecule has 0 spiro atoms. The smallest absolute Gasteiger partial charge is 0.263 e. The number of ether oxygens (including phenoxy) is 1. The first kappa shape index (κ1) is 20.7. The van der Waals surface area contributed by atoms with E-state index in [9.17, 15) is 9.59 Å². The predicted octanol–water partition coefficient (Wildman–Crippen LogP) is 4.39. The lowest BCUT2D eigenvalue weighted by molar-refractivity contribution is 0.267. The molecule has 7 heteroatoms. The number of aromatic amines is 1. The van der Waals surface area contributed by atoms with E-state index in [1.165, 1.54) is 10.9 Å². The zero-order chi connectivity index (χ0) is 22.2. The fourth-order valence-corrected chi connectivity index (χ4v) is 5.41. The number of rotatable bonds is 6. The number of aromatic nitrogens is 3. The molecule has 4 aromatic rings. The maximum Gasteiger partial charge on any atom is 0.263 e. The Balaban J connectivity index is 1.61. The van der Waals surface area contributed by atoms with Crippen LogP contribution in [-0.2, 0) is 19.4 Å². The van der Waals surface area contributed by atoms with Crippen LogP contribution in [0.4, 0.5) is 0 Å². The van der Waals surface area contributed by atoms with Gasteiger partial charge in [0.05, 0.1) is 18.5 Å². The molecule has 164 valence electrons. The van der Waals surface area contributed by atoms with Crippen molar-refractivity contribution in [2.45, 2.75) is 39.7 Å². The summed E-state index contributed by atoms with van der Waals surface area (Å²) < 4.78 is 7.28. The summed E-state index contributed by atoms with van der Waals surface area (Å²) in [5.74, 6) is 1.23. The summed E-state index contributed by atoms with van der Waals surface area (Å²) in [7, 11) is 0. The average molecular weight is 448 g/mol. The van der Waals surface area contributed by atoms with E-state index in [1.54, 1.807) is 22.1 Å². The van der Waals surface area contributed by atoms with Crippen molar-refractivity contribution in [3.63, 3.8) is 0 Å². The van der Waals surface area contributed by atoms with Crippen LogP contribution in [0.2, 0.25) is 0 Å². The quantitative estimate of drug-likeness (QED) is 0.476. The van der Waals surface area contributed by atoms with Gasteiger partial charge in [-0.15, -0.1) is 11.3 Å². The van der Waals surface area contributed by atoms with Crippen molar-refractivity contribution in [2.24, 2.45) is 5.92 Å².